The molecule has 7 nitrogen and oxygen atoms in total. The van der Waals surface area contributed by atoms with Crippen molar-refractivity contribution in [1.29, 1.82) is 0 Å². The molecule has 2 aromatic heterocycles. The average molecular weight is 397 g/mol. The van der Waals surface area contributed by atoms with E-state index in [2.05, 4.69) is 21.5 Å². The minimum absolute atomic E-state index is 0. The Kier molecular flexibility index (Phi) is 5.32. The molecule has 3 aromatic rings. The summed E-state index contributed by atoms with van der Waals surface area (Å²) in [5.41, 5.74) is 7.40. The summed E-state index contributed by atoms with van der Waals surface area (Å²) >= 11 is 0. The van der Waals surface area contributed by atoms with Crippen molar-refractivity contribution < 1.29 is 37.1 Å². The fourth-order valence-electron chi connectivity index (χ4n) is 1.95. The molecule has 110 valence electrons. The number of nitrogens with zero attached hydrogens (tertiary/aromatic N) is 3. The molecule has 0 spiro atoms. The number of ether oxygens (including phenoxy) is 1. The second-order valence-electron chi connectivity index (χ2n) is 4.40. The second kappa shape index (κ2) is 7.03. The van der Waals surface area contributed by atoms with E-state index in [0.29, 0.717) is 28.6 Å². The largest absolute Gasteiger partial charge is 0.495 e. The van der Waals surface area contributed by atoms with Crippen LogP contribution in [0.3, 0.4) is 0 Å². The maximum Gasteiger partial charge on any atom is 0.245 e. The number of aliphatic hydroxyl groups is 1. The van der Waals surface area contributed by atoms with Crippen molar-refractivity contribution in [1.82, 2.24) is 14.6 Å². The molecule has 0 saturated carbocycles. The van der Waals surface area contributed by atoms with Crippen molar-refractivity contribution in [3.63, 3.8) is 0 Å². The SMILES string of the molecule is COc1cc(C(N)O)ccc1Nc1nc2cc[c-]cn2n1.[Cd]. The van der Waals surface area contributed by atoms with Crippen LogP contribution in [0.4, 0.5) is 11.6 Å². The molecule has 22 heavy (non-hydrogen) atoms. The van der Waals surface area contributed by atoms with Crippen molar-refractivity contribution in [2.75, 3.05) is 12.4 Å². The topological polar surface area (TPSA) is 97.7 Å². The summed E-state index contributed by atoms with van der Waals surface area (Å²) in [6.07, 6.45) is 0.648. The number of methoxy groups -OCH3 is 1. The van der Waals surface area contributed by atoms with Crippen molar-refractivity contribution in [3.05, 3.63) is 48.2 Å². The number of nitrogens with one attached hydrogen (secondary N) is 1. The number of nitrogens with two attached hydrogens (primary N) is 1. The van der Waals surface area contributed by atoms with Gasteiger partial charge in [0.2, 0.25) is 5.95 Å². The van der Waals surface area contributed by atoms with Gasteiger partial charge in [-0.15, -0.1) is 5.10 Å². The quantitative estimate of drug-likeness (QED) is 0.349. The first-order valence-corrected chi connectivity index (χ1v) is 6.28. The molecule has 1 unspecified atom stereocenters. The van der Waals surface area contributed by atoms with Gasteiger partial charge in [-0.3, -0.25) is 4.52 Å². The van der Waals surface area contributed by atoms with Crippen LogP contribution in [0.25, 0.3) is 5.65 Å². The van der Waals surface area contributed by atoms with Crippen molar-refractivity contribution in [2.45, 2.75) is 6.23 Å². The Morgan fingerprint density at radius 3 is 2.91 bits per heavy atom. The maximum absolute atomic E-state index is 9.39. The molecule has 0 bridgehead atoms. The van der Waals surface area contributed by atoms with Gasteiger partial charge in [0.15, 0.2) is 0 Å². The molecule has 0 amide bonds. The Morgan fingerprint density at radius 1 is 1.41 bits per heavy atom. The molecule has 0 radical (unpaired) electrons. The second-order valence-corrected chi connectivity index (χ2v) is 4.40. The van der Waals surface area contributed by atoms with Gasteiger partial charge < -0.3 is 20.9 Å². The summed E-state index contributed by atoms with van der Waals surface area (Å²) in [5.74, 6) is 0.983. The summed E-state index contributed by atoms with van der Waals surface area (Å²) in [6.45, 7) is 0. The van der Waals surface area contributed by atoms with E-state index in [1.807, 2.05) is 6.07 Å². The molecule has 3 rings (SSSR count). The van der Waals surface area contributed by atoms with Crippen molar-refractivity contribution >= 4 is 17.3 Å². The van der Waals surface area contributed by atoms with Crippen LogP contribution in [0, 0.1) is 6.07 Å². The van der Waals surface area contributed by atoms with Crippen LogP contribution >= 0.6 is 0 Å². The number of aliphatic hydroxyl groups excluding tert-OH is 1. The molecule has 8 heteroatoms. The predicted molar refractivity (Wildman–Crippen MR) is 77.2 cm³/mol. The van der Waals surface area contributed by atoms with E-state index in [0.717, 1.165) is 0 Å². The molecule has 1 aromatic carbocycles. The monoisotopic (exact) mass is 398 g/mol. The molecule has 4 N–H and O–H groups in total. The Balaban J connectivity index is 0.00000176. The van der Waals surface area contributed by atoms with Crippen LogP contribution in [0.5, 0.6) is 5.75 Å². The molecular weight excluding hydrogens is 383 g/mol. The van der Waals surface area contributed by atoms with Gasteiger partial charge in [-0.25, -0.2) is 17.1 Å². The first-order chi connectivity index (χ1) is 10.2. The van der Waals surface area contributed by atoms with Crippen molar-refractivity contribution in [2.24, 2.45) is 5.73 Å². The standard InChI is InChI=1S/C14H14N5O2.Cd/c1-21-11-8-9(13(15)20)5-6-10(11)16-14-17-12-4-2-3-7-19(12)18-14;/h2,4-8,13,20H,15H2,1H3,(H,16,18);/q-1;. The first-order valence-electron chi connectivity index (χ1n) is 6.28. The third-order valence-corrected chi connectivity index (χ3v) is 3.00. The predicted octanol–water partition coefficient (Wildman–Crippen LogP) is 1.23. The Bertz CT molecular complexity index is 742. The number of rotatable bonds is 4. The van der Waals surface area contributed by atoms with E-state index in [4.69, 9.17) is 10.5 Å². The summed E-state index contributed by atoms with van der Waals surface area (Å²) in [5, 5.41) is 16.7. The van der Waals surface area contributed by atoms with Crippen LogP contribution in [0.1, 0.15) is 11.8 Å². The molecule has 0 aliphatic rings. The number of aromatic nitrogens is 3. The van der Waals surface area contributed by atoms with E-state index in [1.165, 1.54) is 0 Å². The summed E-state index contributed by atoms with van der Waals surface area (Å²) < 4.78 is 6.90. The molecule has 0 aliphatic carbocycles. The summed E-state index contributed by atoms with van der Waals surface area (Å²) in [6, 6.07) is 11.6. The number of hydrogen-bond donors (Lipinski definition) is 3. The van der Waals surface area contributed by atoms with Crippen LogP contribution in [-0.2, 0) is 27.3 Å². The van der Waals surface area contributed by atoms with Crippen LogP contribution in [-0.4, -0.2) is 26.8 Å². The third kappa shape index (κ3) is 3.37. The van der Waals surface area contributed by atoms with Gasteiger partial charge in [0.1, 0.15) is 12.0 Å². The molecule has 1 atom stereocenters. The van der Waals surface area contributed by atoms with Crippen molar-refractivity contribution in [3.8, 4) is 5.75 Å². The fraction of sp³-hybridized carbons (Fsp3) is 0.143. The van der Waals surface area contributed by atoms with Crippen LogP contribution < -0.4 is 15.8 Å². The van der Waals surface area contributed by atoms with E-state index in [-0.39, 0.29) is 27.3 Å². The van der Waals surface area contributed by atoms with Gasteiger partial charge in [0, 0.05) is 27.3 Å². The van der Waals surface area contributed by atoms with Crippen LogP contribution in [0.15, 0.2) is 36.5 Å². The maximum atomic E-state index is 9.39. The molecule has 0 fully saturated rings. The number of hydrogen-bond acceptors (Lipinski definition) is 6. The van der Waals surface area contributed by atoms with E-state index in [9.17, 15) is 5.11 Å². The van der Waals surface area contributed by atoms with Gasteiger partial charge in [0.25, 0.3) is 0 Å². The smallest absolute Gasteiger partial charge is 0.245 e. The van der Waals surface area contributed by atoms with Gasteiger partial charge in [-0.05, 0) is 17.7 Å². The summed E-state index contributed by atoms with van der Waals surface area (Å²) in [4.78, 5) is 4.33. The Hall–Kier alpha value is -1.72. The fourth-order valence-corrected chi connectivity index (χ4v) is 1.95. The van der Waals surface area contributed by atoms with Gasteiger partial charge in [-0.1, -0.05) is 12.3 Å². The number of pyridine rings is 1. The normalized spacial score (nSPS) is 11.8. The molecule has 0 saturated heterocycles. The zero-order chi connectivity index (χ0) is 14.8. The van der Waals surface area contributed by atoms with Crippen LogP contribution in [0.2, 0.25) is 0 Å². The number of fused-ring (bicyclic) bond motifs is 1. The molecule has 0 aliphatic heterocycles. The minimum atomic E-state index is -1.04. The van der Waals surface area contributed by atoms with Gasteiger partial charge >= 0.3 is 0 Å². The average Bonchev–Trinajstić information content (AvgIpc) is 2.89. The Labute approximate surface area is 147 Å². The number of anilines is 2. The zero-order valence-electron chi connectivity index (χ0n) is 12.0. The van der Waals surface area contributed by atoms with Gasteiger partial charge in [-0.2, -0.15) is 6.07 Å². The number of benzene rings is 1. The Morgan fingerprint density at radius 2 is 2.23 bits per heavy atom. The zero-order valence-corrected chi connectivity index (χ0v) is 16.1. The van der Waals surface area contributed by atoms with E-state index < -0.39 is 6.23 Å². The third-order valence-electron chi connectivity index (χ3n) is 3.00. The molecule has 2 heterocycles. The summed E-state index contributed by atoms with van der Waals surface area (Å²) in [7, 11) is 1.54. The minimum Gasteiger partial charge on any atom is -0.495 e. The first kappa shape index (κ1) is 16.6. The van der Waals surface area contributed by atoms with E-state index >= 15 is 0 Å². The van der Waals surface area contributed by atoms with Gasteiger partial charge in [0.05, 0.1) is 18.4 Å². The van der Waals surface area contributed by atoms with E-state index in [1.54, 1.807) is 42.1 Å². The molecular formula is C14H14CdN5O2-.